The second-order valence-electron chi connectivity index (χ2n) is 4.52. The van der Waals surface area contributed by atoms with Crippen molar-refractivity contribution in [1.29, 1.82) is 0 Å². The highest BCUT2D eigenvalue weighted by Gasteiger charge is 2.15. The molecule has 0 heterocycles. The lowest BCUT2D eigenvalue weighted by atomic mass is 10.2. The molecule has 94 valence electrons. The summed E-state index contributed by atoms with van der Waals surface area (Å²) in [7, 11) is 1.71. The summed E-state index contributed by atoms with van der Waals surface area (Å²) in [5.41, 5.74) is 2.62. The van der Waals surface area contributed by atoms with Gasteiger partial charge in [-0.25, -0.2) is 5.84 Å². The van der Waals surface area contributed by atoms with Gasteiger partial charge in [0.05, 0.1) is 6.61 Å². The summed E-state index contributed by atoms with van der Waals surface area (Å²) in [6.07, 6.45) is 5.04. The molecule has 0 aliphatic heterocycles. The van der Waals surface area contributed by atoms with Crippen molar-refractivity contribution < 1.29 is 4.74 Å². The standard InChI is InChI=1S/C11H24N4O/c1-9(8-16-2)7-13-11(15-12)14-10-5-3-4-6-10/h9-10H,3-8,12H2,1-2H3,(H2,13,14,15). The molecule has 0 spiro atoms. The molecule has 5 nitrogen and oxygen atoms in total. The summed E-state index contributed by atoms with van der Waals surface area (Å²) in [5.74, 6) is 6.56. The number of hydrogen-bond acceptors (Lipinski definition) is 3. The van der Waals surface area contributed by atoms with Crippen LogP contribution in [-0.2, 0) is 4.74 Å². The number of ether oxygens (including phenoxy) is 1. The number of nitrogens with two attached hydrogens (primary N) is 1. The lowest BCUT2D eigenvalue weighted by Crippen LogP contribution is -2.45. The smallest absolute Gasteiger partial charge is 0.205 e. The summed E-state index contributed by atoms with van der Waals surface area (Å²) in [5, 5.41) is 3.34. The van der Waals surface area contributed by atoms with E-state index in [-0.39, 0.29) is 0 Å². The lowest BCUT2D eigenvalue weighted by molar-refractivity contribution is 0.163. The maximum Gasteiger partial charge on any atom is 0.205 e. The summed E-state index contributed by atoms with van der Waals surface area (Å²) in [6, 6.07) is 0.535. The van der Waals surface area contributed by atoms with Crippen LogP contribution in [0.15, 0.2) is 4.99 Å². The van der Waals surface area contributed by atoms with Gasteiger partial charge in [-0.15, -0.1) is 0 Å². The lowest BCUT2D eigenvalue weighted by Gasteiger charge is -2.16. The van der Waals surface area contributed by atoms with Gasteiger partial charge >= 0.3 is 0 Å². The Labute approximate surface area is 97.8 Å². The molecule has 0 amide bonds. The molecule has 1 saturated carbocycles. The second-order valence-corrected chi connectivity index (χ2v) is 4.52. The monoisotopic (exact) mass is 228 g/mol. The molecule has 4 N–H and O–H groups in total. The van der Waals surface area contributed by atoms with Crippen molar-refractivity contribution in [2.45, 2.75) is 38.6 Å². The molecular weight excluding hydrogens is 204 g/mol. The molecule has 1 unspecified atom stereocenters. The molecule has 16 heavy (non-hydrogen) atoms. The van der Waals surface area contributed by atoms with Crippen LogP contribution in [0, 0.1) is 5.92 Å². The summed E-state index contributed by atoms with van der Waals surface area (Å²) in [6.45, 7) is 3.56. The van der Waals surface area contributed by atoms with Crippen molar-refractivity contribution >= 4 is 5.96 Å². The largest absolute Gasteiger partial charge is 0.384 e. The zero-order chi connectivity index (χ0) is 11.8. The Morgan fingerprint density at radius 2 is 2.19 bits per heavy atom. The molecule has 1 aliphatic carbocycles. The molecule has 1 rings (SSSR count). The highest BCUT2D eigenvalue weighted by Crippen LogP contribution is 2.17. The summed E-state index contributed by atoms with van der Waals surface area (Å²) < 4.78 is 5.06. The van der Waals surface area contributed by atoms with E-state index in [0.29, 0.717) is 17.9 Å². The van der Waals surface area contributed by atoms with E-state index in [1.54, 1.807) is 7.11 Å². The molecular formula is C11H24N4O. The topological polar surface area (TPSA) is 71.7 Å². The van der Waals surface area contributed by atoms with Gasteiger partial charge in [-0.3, -0.25) is 10.4 Å². The molecule has 0 aromatic heterocycles. The maximum atomic E-state index is 5.44. The number of hydrogen-bond donors (Lipinski definition) is 3. The quantitative estimate of drug-likeness (QED) is 0.279. The first-order chi connectivity index (χ1) is 7.76. The van der Waals surface area contributed by atoms with Crippen molar-refractivity contribution in [2.75, 3.05) is 20.3 Å². The van der Waals surface area contributed by atoms with Crippen LogP contribution in [-0.4, -0.2) is 32.3 Å². The van der Waals surface area contributed by atoms with Gasteiger partial charge in [-0.1, -0.05) is 19.8 Å². The third kappa shape index (κ3) is 4.81. The first-order valence-electron chi connectivity index (χ1n) is 6.02. The van der Waals surface area contributed by atoms with Crippen molar-refractivity contribution in [3.05, 3.63) is 0 Å². The van der Waals surface area contributed by atoms with Crippen molar-refractivity contribution in [1.82, 2.24) is 10.7 Å². The number of methoxy groups -OCH3 is 1. The third-order valence-corrected chi connectivity index (χ3v) is 2.84. The zero-order valence-electron chi connectivity index (χ0n) is 10.3. The second kappa shape index (κ2) is 7.46. The summed E-state index contributed by atoms with van der Waals surface area (Å²) >= 11 is 0. The predicted octanol–water partition coefficient (Wildman–Crippen LogP) is 0.620. The number of nitrogens with zero attached hydrogens (tertiary/aromatic N) is 1. The number of aliphatic imine (C=N–C) groups is 1. The van der Waals surface area contributed by atoms with Crippen LogP contribution in [0.25, 0.3) is 0 Å². The molecule has 0 radical (unpaired) electrons. The fourth-order valence-corrected chi connectivity index (χ4v) is 1.98. The van der Waals surface area contributed by atoms with E-state index in [9.17, 15) is 0 Å². The van der Waals surface area contributed by atoms with E-state index in [1.165, 1.54) is 25.7 Å². The first kappa shape index (κ1) is 13.3. The first-order valence-corrected chi connectivity index (χ1v) is 6.02. The van der Waals surface area contributed by atoms with Gasteiger partial charge in [0.15, 0.2) is 0 Å². The molecule has 0 aromatic rings. The molecule has 1 atom stereocenters. The Morgan fingerprint density at radius 1 is 1.50 bits per heavy atom. The van der Waals surface area contributed by atoms with Gasteiger partial charge in [-0.2, -0.15) is 0 Å². The van der Waals surface area contributed by atoms with Crippen LogP contribution in [0.1, 0.15) is 32.6 Å². The maximum absolute atomic E-state index is 5.44. The van der Waals surface area contributed by atoms with Crippen LogP contribution in [0.4, 0.5) is 0 Å². The molecule has 1 aliphatic rings. The van der Waals surface area contributed by atoms with E-state index < -0.39 is 0 Å². The molecule has 0 saturated heterocycles. The minimum atomic E-state index is 0.415. The van der Waals surface area contributed by atoms with Crippen LogP contribution >= 0.6 is 0 Å². The van der Waals surface area contributed by atoms with Gasteiger partial charge in [0.2, 0.25) is 5.96 Å². The average Bonchev–Trinajstić information content (AvgIpc) is 2.77. The van der Waals surface area contributed by atoms with Crippen LogP contribution in [0.5, 0.6) is 0 Å². The van der Waals surface area contributed by atoms with Crippen molar-refractivity contribution in [3.8, 4) is 0 Å². The number of rotatable bonds is 5. The van der Waals surface area contributed by atoms with Gasteiger partial charge in [0.25, 0.3) is 0 Å². The number of guanidine groups is 1. The van der Waals surface area contributed by atoms with Crippen LogP contribution in [0.2, 0.25) is 0 Å². The minimum absolute atomic E-state index is 0.415. The Bertz CT molecular complexity index is 214. The molecule has 0 bridgehead atoms. The number of hydrazine groups is 1. The van der Waals surface area contributed by atoms with E-state index in [1.807, 2.05) is 0 Å². The van der Waals surface area contributed by atoms with Gasteiger partial charge in [-0.05, 0) is 18.8 Å². The van der Waals surface area contributed by atoms with E-state index >= 15 is 0 Å². The Kier molecular flexibility index (Phi) is 6.18. The van der Waals surface area contributed by atoms with Gasteiger partial charge in [0, 0.05) is 19.7 Å². The Hall–Kier alpha value is -0.810. The normalized spacial score (nSPS) is 19.8. The van der Waals surface area contributed by atoms with Gasteiger partial charge < -0.3 is 10.1 Å². The van der Waals surface area contributed by atoms with Gasteiger partial charge in [0.1, 0.15) is 0 Å². The van der Waals surface area contributed by atoms with Crippen molar-refractivity contribution in [2.24, 2.45) is 16.8 Å². The SMILES string of the molecule is COCC(C)CN=C(NN)NC1CCCC1. The average molecular weight is 228 g/mol. The van der Waals surface area contributed by atoms with Crippen LogP contribution < -0.4 is 16.6 Å². The summed E-state index contributed by atoms with van der Waals surface area (Å²) in [4.78, 5) is 4.41. The predicted molar refractivity (Wildman–Crippen MR) is 66.1 cm³/mol. The van der Waals surface area contributed by atoms with Crippen molar-refractivity contribution in [3.63, 3.8) is 0 Å². The third-order valence-electron chi connectivity index (χ3n) is 2.84. The Balaban J connectivity index is 2.30. The zero-order valence-corrected chi connectivity index (χ0v) is 10.3. The molecule has 0 aromatic carbocycles. The highest BCUT2D eigenvalue weighted by molar-refractivity contribution is 5.79. The van der Waals surface area contributed by atoms with Crippen LogP contribution in [0.3, 0.4) is 0 Å². The fourth-order valence-electron chi connectivity index (χ4n) is 1.98. The van der Waals surface area contributed by atoms with E-state index in [4.69, 9.17) is 10.6 Å². The molecule has 1 fully saturated rings. The van der Waals surface area contributed by atoms with E-state index in [2.05, 4.69) is 22.7 Å². The Morgan fingerprint density at radius 3 is 2.75 bits per heavy atom. The highest BCUT2D eigenvalue weighted by atomic mass is 16.5. The molecule has 5 heteroatoms. The minimum Gasteiger partial charge on any atom is -0.384 e. The number of nitrogens with one attached hydrogen (secondary N) is 2. The van der Waals surface area contributed by atoms with E-state index in [0.717, 1.165) is 13.2 Å². The fraction of sp³-hybridized carbons (Fsp3) is 0.909.